The first-order valence-electron chi connectivity index (χ1n) is 6.61. The summed E-state index contributed by atoms with van der Waals surface area (Å²) < 4.78 is 6.20. The maximum atomic E-state index is 6.20. The van der Waals surface area contributed by atoms with E-state index in [4.69, 9.17) is 4.74 Å². The summed E-state index contributed by atoms with van der Waals surface area (Å²) in [5, 5.41) is 0. The Morgan fingerprint density at radius 1 is 1.18 bits per heavy atom. The number of rotatable bonds is 4. The number of benzene rings is 1. The summed E-state index contributed by atoms with van der Waals surface area (Å²) in [5.41, 5.74) is 1.34. The fourth-order valence-corrected chi connectivity index (χ4v) is 2.43. The van der Waals surface area contributed by atoms with Crippen molar-refractivity contribution in [3.63, 3.8) is 0 Å². The van der Waals surface area contributed by atoms with Gasteiger partial charge in [0.25, 0.3) is 0 Å². The Morgan fingerprint density at radius 3 is 2.65 bits per heavy atom. The highest BCUT2D eigenvalue weighted by Crippen LogP contribution is 2.32. The molecule has 94 valence electrons. The molecule has 2 rings (SSSR count). The number of nitrogens with zero attached hydrogens (tertiary/aromatic N) is 1. The minimum Gasteiger partial charge on any atom is -0.370 e. The van der Waals surface area contributed by atoms with Crippen molar-refractivity contribution < 1.29 is 4.74 Å². The van der Waals surface area contributed by atoms with Crippen molar-refractivity contribution in [1.29, 1.82) is 0 Å². The Balaban J connectivity index is 1.89. The fourth-order valence-electron chi connectivity index (χ4n) is 2.43. The van der Waals surface area contributed by atoms with E-state index < -0.39 is 0 Å². The molecule has 0 saturated carbocycles. The molecule has 1 aliphatic rings. The average molecular weight is 233 g/mol. The second kappa shape index (κ2) is 6.18. The smallest absolute Gasteiger partial charge is 0.0828 e. The molecular weight excluding hydrogens is 210 g/mol. The van der Waals surface area contributed by atoms with E-state index in [1.165, 1.54) is 24.8 Å². The Morgan fingerprint density at radius 2 is 1.94 bits per heavy atom. The topological polar surface area (TPSA) is 12.5 Å². The highest BCUT2D eigenvalue weighted by Gasteiger charge is 2.23. The van der Waals surface area contributed by atoms with Gasteiger partial charge in [-0.25, -0.2) is 0 Å². The molecule has 17 heavy (non-hydrogen) atoms. The highest BCUT2D eigenvalue weighted by atomic mass is 16.5. The van der Waals surface area contributed by atoms with Crippen molar-refractivity contribution in [1.82, 2.24) is 4.90 Å². The molecule has 0 N–H and O–H groups in total. The zero-order valence-electron chi connectivity index (χ0n) is 10.9. The van der Waals surface area contributed by atoms with Crippen LogP contribution in [0.3, 0.4) is 0 Å². The second-order valence-electron chi connectivity index (χ2n) is 5.18. The molecule has 0 unspecified atom stereocenters. The van der Waals surface area contributed by atoms with Crippen LogP contribution >= 0.6 is 0 Å². The predicted octanol–water partition coefficient (Wildman–Crippen LogP) is 3.25. The molecule has 1 fully saturated rings. The lowest BCUT2D eigenvalue weighted by Gasteiger charge is -2.31. The predicted molar refractivity (Wildman–Crippen MR) is 71.1 cm³/mol. The molecule has 2 heteroatoms. The molecular formula is C15H23NO. The molecule has 1 aliphatic heterocycles. The van der Waals surface area contributed by atoms with Crippen molar-refractivity contribution in [2.24, 2.45) is 0 Å². The van der Waals surface area contributed by atoms with Gasteiger partial charge in [-0.15, -0.1) is 0 Å². The van der Waals surface area contributed by atoms with Crippen molar-refractivity contribution in [3.05, 3.63) is 35.9 Å². The lowest BCUT2D eigenvalue weighted by atomic mass is 9.97. The number of hydrogen-bond acceptors (Lipinski definition) is 2. The van der Waals surface area contributed by atoms with Gasteiger partial charge in [0.2, 0.25) is 0 Å². The maximum absolute atomic E-state index is 6.20. The van der Waals surface area contributed by atoms with Crippen LogP contribution in [0.2, 0.25) is 0 Å². The monoisotopic (exact) mass is 233 g/mol. The lowest BCUT2D eigenvalue weighted by molar-refractivity contribution is -0.0568. The molecule has 0 radical (unpaired) electrons. The third-order valence-electron chi connectivity index (χ3n) is 3.42. The van der Waals surface area contributed by atoms with Crippen molar-refractivity contribution in [2.45, 2.75) is 37.9 Å². The van der Waals surface area contributed by atoms with Crippen LogP contribution in [0.1, 0.15) is 37.4 Å². The Bertz CT molecular complexity index is 323. The molecule has 1 aromatic carbocycles. The van der Waals surface area contributed by atoms with Crippen LogP contribution in [0.25, 0.3) is 0 Å². The SMILES string of the molecule is CN(C)CC[C@@H]1CCC[C@H](c2ccccc2)O1. The van der Waals surface area contributed by atoms with Gasteiger partial charge in [-0.05, 0) is 51.9 Å². The van der Waals surface area contributed by atoms with Crippen LogP contribution in [0.4, 0.5) is 0 Å². The summed E-state index contributed by atoms with van der Waals surface area (Å²) in [4.78, 5) is 2.23. The van der Waals surface area contributed by atoms with Crippen LogP contribution in [0.15, 0.2) is 30.3 Å². The fraction of sp³-hybridized carbons (Fsp3) is 0.600. The van der Waals surface area contributed by atoms with E-state index in [9.17, 15) is 0 Å². The van der Waals surface area contributed by atoms with Crippen LogP contribution in [-0.2, 0) is 4.74 Å². The minimum atomic E-state index is 0.317. The molecule has 0 bridgehead atoms. The molecule has 0 spiro atoms. The standard InChI is InChI=1S/C15H23NO/c1-16(2)12-11-14-9-6-10-15(17-14)13-7-4-3-5-8-13/h3-5,7-8,14-15H,6,9-12H2,1-2H3/t14-,15+/m0/s1. The van der Waals surface area contributed by atoms with E-state index in [2.05, 4.69) is 49.3 Å². The van der Waals surface area contributed by atoms with Gasteiger partial charge in [0.1, 0.15) is 0 Å². The summed E-state index contributed by atoms with van der Waals surface area (Å²) in [5.74, 6) is 0. The van der Waals surface area contributed by atoms with Crippen LogP contribution in [0.5, 0.6) is 0 Å². The first-order valence-corrected chi connectivity index (χ1v) is 6.61. The van der Waals surface area contributed by atoms with Crippen LogP contribution in [0, 0.1) is 0 Å². The molecule has 0 amide bonds. The minimum absolute atomic E-state index is 0.317. The van der Waals surface area contributed by atoms with E-state index in [1.807, 2.05) is 0 Å². The molecule has 0 aromatic heterocycles. The first kappa shape index (κ1) is 12.6. The number of ether oxygens (including phenoxy) is 1. The molecule has 0 aliphatic carbocycles. The van der Waals surface area contributed by atoms with Crippen molar-refractivity contribution in [3.8, 4) is 0 Å². The summed E-state index contributed by atoms with van der Waals surface area (Å²) in [7, 11) is 4.25. The summed E-state index contributed by atoms with van der Waals surface area (Å²) in [6.07, 6.45) is 5.58. The second-order valence-corrected chi connectivity index (χ2v) is 5.18. The van der Waals surface area contributed by atoms with Gasteiger partial charge in [0.15, 0.2) is 0 Å². The molecule has 1 heterocycles. The maximum Gasteiger partial charge on any atom is 0.0828 e. The third kappa shape index (κ3) is 3.83. The van der Waals surface area contributed by atoms with Gasteiger partial charge < -0.3 is 9.64 Å². The summed E-state index contributed by atoms with van der Waals surface area (Å²) in [6.45, 7) is 1.12. The van der Waals surface area contributed by atoms with Gasteiger partial charge >= 0.3 is 0 Å². The van der Waals surface area contributed by atoms with Gasteiger partial charge in [0, 0.05) is 0 Å². The Hall–Kier alpha value is -0.860. The zero-order chi connectivity index (χ0) is 12.1. The Labute approximate surface area is 105 Å². The van der Waals surface area contributed by atoms with E-state index in [0.717, 1.165) is 13.0 Å². The van der Waals surface area contributed by atoms with E-state index in [0.29, 0.717) is 12.2 Å². The van der Waals surface area contributed by atoms with Gasteiger partial charge in [-0.3, -0.25) is 0 Å². The Kier molecular flexibility index (Phi) is 4.57. The van der Waals surface area contributed by atoms with Crippen LogP contribution < -0.4 is 0 Å². The lowest BCUT2D eigenvalue weighted by Crippen LogP contribution is -2.26. The summed E-state index contributed by atoms with van der Waals surface area (Å²) >= 11 is 0. The quantitative estimate of drug-likeness (QED) is 0.791. The van der Waals surface area contributed by atoms with Gasteiger partial charge in [-0.1, -0.05) is 30.3 Å². The first-order chi connectivity index (χ1) is 8.25. The van der Waals surface area contributed by atoms with E-state index in [1.54, 1.807) is 0 Å². The summed E-state index contributed by atoms with van der Waals surface area (Å²) in [6, 6.07) is 10.6. The van der Waals surface area contributed by atoms with E-state index >= 15 is 0 Å². The van der Waals surface area contributed by atoms with Crippen molar-refractivity contribution in [2.75, 3.05) is 20.6 Å². The number of hydrogen-bond donors (Lipinski definition) is 0. The van der Waals surface area contributed by atoms with E-state index in [-0.39, 0.29) is 0 Å². The molecule has 1 saturated heterocycles. The van der Waals surface area contributed by atoms with Gasteiger partial charge in [-0.2, -0.15) is 0 Å². The molecule has 1 aromatic rings. The van der Waals surface area contributed by atoms with Crippen molar-refractivity contribution >= 4 is 0 Å². The molecule has 2 nitrogen and oxygen atoms in total. The highest BCUT2D eigenvalue weighted by molar-refractivity contribution is 5.17. The normalized spacial score (nSPS) is 25.1. The molecule has 2 atom stereocenters. The third-order valence-corrected chi connectivity index (χ3v) is 3.42. The zero-order valence-corrected chi connectivity index (χ0v) is 10.9. The largest absolute Gasteiger partial charge is 0.370 e. The van der Waals surface area contributed by atoms with Gasteiger partial charge in [0.05, 0.1) is 12.2 Å². The van der Waals surface area contributed by atoms with Crippen LogP contribution in [-0.4, -0.2) is 31.6 Å². The average Bonchev–Trinajstić information content (AvgIpc) is 2.38.